The largest absolute Gasteiger partial charge is 0.499 e. The van der Waals surface area contributed by atoms with Crippen LogP contribution >= 0.6 is 0 Å². The van der Waals surface area contributed by atoms with Gasteiger partial charge in [0.15, 0.2) is 0 Å². The minimum atomic E-state index is -1.06. The molecular weight excluding hydrogens is 384 g/mol. The quantitative estimate of drug-likeness (QED) is 0.340. The Labute approximate surface area is 181 Å². The molecule has 2 saturated carbocycles. The lowest BCUT2D eigenvalue weighted by Crippen LogP contribution is -2.37. The second-order valence-corrected chi connectivity index (χ2v) is 10.2. The average Bonchev–Trinajstić information content (AvgIpc) is 2.66. The SMILES string of the molecule is CC(C)[C@H]1CC[C@H](C)CC1OC(=O)/C(O)=C(\O)C(=O)OC1C[C@@H](C)CC[C@@H]1C(C)C. The van der Waals surface area contributed by atoms with Crippen LogP contribution in [0.4, 0.5) is 0 Å². The number of carbonyl (C=O) groups excluding carboxylic acids is 2. The van der Waals surface area contributed by atoms with Gasteiger partial charge in [0, 0.05) is 0 Å². The second kappa shape index (κ2) is 10.5. The third-order valence-electron chi connectivity index (χ3n) is 7.05. The zero-order valence-corrected chi connectivity index (χ0v) is 19.4. The van der Waals surface area contributed by atoms with Gasteiger partial charge >= 0.3 is 11.9 Å². The molecule has 0 aromatic carbocycles. The second-order valence-electron chi connectivity index (χ2n) is 10.2. The van der Waals surface area contributed by atoms with Gasteiger partial charge in [-0.25, -0.2) is 9.59 Å². The summed E-state index contributed by atoms with van der Waals surface area (Å²) in [5.41, 5.74) is 0. The number of hydrogen-bond acceptors (Lipinski definition) is 6. The molecule has 6 nitrogen and oxygen atoms in total. The summed E-state index contributed by atoms with van der Waals surface area (Å²) in [6.07, 6.45) is 4.80. The van der Waals surface area contributed by atoms with Crippen LogP contribution in [0, 0.1) is 35.5 Å². The minimum absolute atomic E-state index is 0.197. The van der Waals surface area contributed by atoms with E-state index in [9.17, 15) is 19.8 Å². The Kier molecular flexibility index (Phi) is 8.62. The monoisotopic (exact) mass is 424 g/mol. The summed E-state index contributed by atoms with van der Waals surface area (Å²) in [5, 5.41) is 20.4. The maximum absolute atomic E-state index is 12.5. The van der Waals surface area contributed by atoms with Crippen molar-refractivity contribution in [2.45, 2.75) is 92.3 Å². The highest BCUT2D eigenvalue weighted by molar-refractivity contribution is 5.97. The van der Waals surface area contributed by atoms with E-state index in [0.717, 1.165) is 25.7 Å². The maximum atomic E-state index is 12.5. The summed E-state index contributed by atoms with van der Waals surface area (Å²) in [4.78, 5) is 24.9. The molecule has 0 radical (unpaired) electrons. The summed E-state index contributed by atoms with van der Waals surface area (Å²) in [6, 6.07) is 0. The molecule has 2 N–H and O–H groups in total. The van der Waals surface area contributed by atoms with Gasteiger partial charge in [0.2, 0.25) is 0 Å². The zero-order valence-electron chi connectivity index (χ0n) is 19.4. The lowest BCUT2D eigenvalue weighted by Gasteiger charge is -2.37. The molecule has 0 spiro atoms. The van der Waals surface area contributed by atoms with Crippen LogP contribution in [-0.4, -0.2) is 34.4 Å². The average molecular weight is 425 g/mol. The van der Waals surface area contributed by atoms with Crippen LogP contribution in [0.3, 0.4) is 0 Å². The number of carbonyl (C=O) groups is 2. The summed E-state index contributed by atoms with van der Waals surface area (Å²) in [5.74, 6) is -2.35. The normalized spacial score (nSPS) is 33.2. The van der Waals surface area contributed by atoms with E-state index in [0.29, 0.717) is 36.5 Å². The number of rotatable bonds is 6. The van der Waals surface area contributed by atoms with Crippen LogP contribution in [0.1, 0.15) is 80.1 Å². The van der Waals surface area contributed by atoms with E-state index >= 15 is 0 Å². The van der Waals surface area contributed by atoms with Crippen molar-refractivity contribution in [2.24, 2.45) is 35.5 Å². The standard InChI is InChI=1S/C24H40O6/c1-13(2)17-9-7-15(5)11-19(17)29-23(27)21(25)22(26)24(28)30-20-12-16(6)8-10-18(20)14(3)4/h13-20,25-26H,7-12H2,1-6H3/b22-21+/t15-,16-,17+,18+,19?,20?/m0/s1. The highest BCUT2D eigenvalue weighted by Gasteiger charge is 2.37. The lowest BCUT2D eigenvalue weighted by molar-refractivity contribution is -0.159. The van der Waals surface area contributed by atoms with E-state index in [2.05, 4.69) is 41.5 Å². The Morgan fingerprint density at radius 2 is 1.03 bits per heavy atom. The van der Waals surface area contributed by atoms with E-state index in [1.54, 1.807) is 0 Å². The molecule has 0 aromatic rings. The van der Waals surface area contributed by atoms with Gasteiger partial charge in [-0.1, -0.05) is 54.4 Å². The van der Waals surface area contributed by atoms with Crippen molar-refractivity contribution in [1.82, 2.24) is 0 Å². The van der Waals surface area contributed by atoms with Crippen molar-refractivity contribution in [3.63, 3.8) is 0 Å². The summed E-state index contributed by atoms with van der Waals surface area (Å²) in [7, 11) is 0. The third kappa shape index (κ3) is 6.14. The summed E-state index contributed by atoms with van der Waals surface area (Å²) < 4.78 is 11.0. The van der Waals surface area contributed by atoms with Gasteiger partial charge in [0.1, 0.15) is 12.2 Å². The van der Waals surface area contributed by atoms with E-state index in [1.807, 2.05) is 0 Å². The van der Waals surface area contributed by atoms with E-state index in [4.69, 9.17) is 9.47 Å². The van der Waals surface area contributed by atoms with E-state index < -0.39 is 23.5 Å². The van der Waals surface area contributed by atoms with Crippen LogP contribution in [0.25, 0.3) is 0 Å². The molecule has 0 saturated heterocycles. The molecule has 6 heteroatoms. The van der Waals surface area contributed by atoms with E-state index in [-0.39, 0.29) is 24.0 Å². The molecule has 0 heterocycles. The van der Waals surface area contributed by atoms with Gasteiger partial charge in [0.25, 0.3) is 11.5 Å². The van der Waals surface area contributed by atoms with Gasteiger partial charge in [-0.05, 0) is 61.2 Å². The molecule has 172 valence electrons. The van der Waals surface area contributed by atoms with Crippen LogP contribution in [-0.2, 0) is 19.1 Å². The van der Waals surface area contributed by atoms with Crippen molar-refractivity contribution >= 4 is 11.9 Å². The summed E-state index contributed by atoms with van der Waals surface area (Å²) in [6.45, 7) is 12.6. The Morgan fingerprint density at radius 3 is 1.33 bits per heavy atom. The topological polar surface area (TPSA) is 93.1 Å². The van der Waals surface area contributed by atoms with Crippen molar-refractivity contribution in [3.05, 3.63) is 11.5 Å². The Hall–Kier alpha value is -1.72. The highest BCUT2D eigenvalue weighted by atomic mass is 16.6. The molecule has 2 aliphatic carbocycles. The van der Waals surface area contributed by atoms with Crippen LogP contribution in [0.15, 0.2) is 11.5 Å². The van der Waals surface area contributed by atoms with E-state index in [1.165, 1.54) is 0 Å². The first-order valence-corrected chi connectivity index (χ1v) is 11.5. The van der Waals surface area contributed by atoms with Crippen molar-refractivity contribution in [3.8, 4) is 0 Å². The molecule has 2 unspecified atom stereocenters. The van der Waals surface area contributed by atoms with Crippen molar-refractivity contribution in [2.75, 3.05) is 0 Å². The molecule has 0 amide bonds. The maximum Gasteiger partial charge on any atom is 0.377 e. The Bertz CT molecular complexity index is 584. The van der Waals surface area contributed by atoms with Gasteiger partial charge in [-0.15, -0.1) is 0 Å². The highest BCUT2D eigenvalue weighted by Crippen LogP contribution is 2.37. The van der Waals surface area contributed by atoms with Gasteiger partial charge in [0.05, 0.1) is 0 Å². The first-order valence-electron chi connectivity index (χ1n) is 11.5. The number of ether oxygens (including phenoxy) is 2. The van der Waals surface area contributed by atoms with Gasteiger partial charge < -0.3 is 19.7 Å². The number of aliphatic hydroxyl groups is 2. The molecular formula is C24H40O6. The fourth-order valence-corrected chi connectivity index (χ4v) is 5.08. The number of esters is 2. The van der Waals surface area contributed by atoms with Crippen molar-refractivity contribution < 1.29 is 29.3 Å². The van der Waals surface area contributed by atoms with Crippen LogP contribution in [0.5, 0.6) is 0 Å². The lowest BCUT2D eigenvalue weighted by atomic mass is 9.75. The third-order valence-corrected chi connectivity index (χ3v) is 7.05. The smallest absolute Gasteiger partial charge is 0.377 e. The molecule has 0 aromatic heterocycles. The molecule has 0 bridgehead atoms. The first kappa shape index (κ1) is 24.5. The predicted molar refractivity (Wildman–Crippen MR) is 115 cm³/mol. The first-order chi connectivity index (χ1) is 14.0. The Balaban J connectivity index is 2.06. The fraction of sp³-hybridized carbons (Fsp3) is 0.833. The van der Waals surface area contributed by atoms with Gasteiger partial charge in [-0.3, -0.25) is 0 Å². The number of hydrogen-bond donors (Lipinski definition) is 2. The molecule has 0 aliphatic heterocycles. The van der Waals surface area contributed by atoms with Crippen LogP contribution < -0.4 is 0 Å². The minimum Gasteiger partial charge on any atom is -0.499 e. The van der Waals surface area contributed by atoms with Crippen molar-refractivity contribution in [1.29, 1.82) is 0 Å². The summed E-state index contributed by atoms with van der Waals surface area (Å²) >= 11 is 0. The molecule has 2 rings (SSSR count). The fourth-order valence-electron chi connectivity index (χ4n) is 5.08. The molecule has 2 fully saturated rings. The predicted octanol–water partition coefficient (Wildman–Crippen LogP) is 5.32. The van der Waals surface area contributed by atoms with Crippen LogP contribution in [0.2, 0.25) is 0 Å². The molecule has 2 aliphatic rings. The number of aliphatic hydroxyl groups excluding tert-OH is 2. The van der Waals surface area contributed by atoms with Gasteiger partial charge in [-0.2, -0.15) is 0 Å². The molecule has 30 heavy (non-hydrogen) atoms. The zero-order chi connectivity index (χ0) is 22.6. The molecule has 6 atom stereocenters. The Morgan fingerprint density at radius 1 is 0.700 bits per heavy atom.